The molecule has 0 unspecified atom stereocenters. The van der Waals surface area contributed by atoms with Gasteiger partial charge in [0.05, 0.1) is 13.2 Å². The number of thiazole rings is 1. The Bertz CT molecular complexity index is 1350. The van der Waals surface area contributed by atoms with Crippen LogP contribution in [0.15, 0.2) is 66.3 Å². The van der Waals surface area contributed by atoms with Crippen molar-refractivity contribution in [2.45, 2.75) is 73.0 Å². The zero-order chi connectivity index (χ0) is 34.3. The lowest BCUT2D eigenvalue weighted by Crippen LogP contribution is -2.47. The van der Waals surface area contributed by atoms with Gasteiger partial charge >= 0.3 is 5.97 Å². The van der Waals surface area contributed by atoms with Crippen molar-refractivity contribution in [3.05, 3.63) is 81.2 Å². The Morgan fingerprint density at radius 1 is 1.18 bits per heavy atom. The number of ether oxygens (including phenoxy) is 2. The smallest absolute Gasteiger partial charge is 0.303 e. The molecular weight excluding hydrogens is 620 g/mol. The monoisotopic (exact) mass is 664 g/mol. The number of hydrogen-bond donors (Lipinski definition) is 3. The molecule has 10 nitrogen and oxygen atoms in total. The fourth-order valence-corrected chi connectivity index (χ4v) is 4.81. The van der Waals surface area contributed by atoms with Crippen LogP contribution in [-0.4, -0.2) is 70.4 Å². The molecule has 3 N–H and O–H groups in total. The average molecular weight is 665 g/mol. The molecule has 0 spiro atoms. The molecule has 2 aromatic rings. The number of ketones is 1. The number of aliphatic carboxylic acids is 1. The molecule has 2 atom stereocenters. The zero-order valence-electron chi connectivity index (χ0n) is 27.0. The number of benzene rings is 1. The molecule has 1 aromatic carbocycles. The van der Waals surface area contributed by atoms with Crippen LogP contribution in [0.5, 0.6) is 0 Å². The second kappa shape index (κ2) is 19.1. The van der Waals surface area contributed by atoms with Gasteiger partial charge in [-0.05, 0) is 50.6 Å². The molecule has 1 aromatic heterocycles. The van der Waals surface area contributed by atoms with Crippen molar-refractivity contribution in [1.82, 2.24) is 4.98 Å². The van der Waals surface area contributed by atoms with Crippen molar-refractivity contribution in [1.29, 1.82) is 0 Å². The fraction of sp³-hybridized carbons (Fsp3) is 0.455. The number of anilines is 1. The molecule has 1 heterocycles. The number of aliphatic hydroxyl groups excluding tert-OH is 2. The number of allylic oxidation sites excluding steroid dienone is 1. The minimum absolute atomic E-state index is 0.144. The van der Waals surface area contributed by atoms with Gasteiger partial charge in [0, 0.05) is 58.8 Å². The number of aliphatic hydroxyl groups is 2. The number of halogens is 1. The van der Waals surface area contributed by atoms with Crippen LogP contribution in [0.4, 0.5) is 5.69 Å². The highest BCUT2D eigenvalue weighted by molar-refractivity contribution is 7.13. The third-order valence-corrected chi connectivity index (χ3v) is 7.96. The van der Waals surface area contributed by atoms with Crippen molar-refractivity contribution in [2.24, 2.45) is 5.41 Å². The molecule has 12 heteroatoms. The van der Waals surface area contributed by atoms with Crippen LogP contribution in [-0.2, 0) is 25.5 Å². The van der Waals surface area contributed by atoms with Crippen LogP contribution in [0.25, 0.3) is 0 Å². The van der Waals surface area contributed by atoms with E-state index in [1.807, 2.05) is 20.8 Å². The molecule has 0 fully saturated rings. The van der Waals surface area contributed by atoms with Gasteiger partial charge in [-0.1, -0.05) is 52.0 Å². The zero-order valence-corrected chi connectivity index (χ0v) is 28.6. The largest absolute Gasteiger partial charge is 0.504 e. The number of amides is 1. The molecule has 45 heavy (non-hydrogen) atoms. The lowest BCUT2D eigenvalue weighted by molar-refractivity contribution is -0.136. The molecular formula is C33H45ClN2O8S. The van der Waals surface area contributed by atoms with Gasteiger partial charge < -0.3 is 29.7 Å². The van der Waals surface area contributed by atoms with Crippen LogP contribution < -0.4 is 4.90 Å². The number of carboxylic acid groups (broad SMARTS) is 1. The Balaban J connectivity index is 0.00000187. The van der Waals surface area contributed by atoms with Gasteiger partial charge in [0.1, 0.15) is 6.10 Å². The minimum atomic E-state index is -1.25. The summed E-state index contributed by atoms with van der Waals surface area (Å²) in [7, 11) is 1.42. The summed E-state index contributed by atoms with van der Waals surface area (Å²) in [4.78, 5) is 43.6. The summed E-state index contributed by atoms with van der Waals surface area (Å²) in [5.41, 5.74) is 0.159. The van der Waals surface area contributed by atoms with Gasteiger partial charge in [-0.25, -0.2) is 4.98 Å². The van der Waals surface area contributed by atoms with Gasteiger partial charge in [-0.15, -0.1) is 11.3 Å². The second-order valence-corrected chi connectivity index (χ2v) is 12.3. The predicted molar refractivity (Wildman–Crippen MR) is 178 cm³/mol. The molecule has 0 radical (unpaired) electrons. The van der Waals surface area contributed by atoms with E-state index in [1.54, 1.807) is 57.3 Å². The summed E-state index contributed by atoms with van der Waals surface area (Å²) in [5, 5.41) is 29.3. The summed E-state index contributed by atoms with van der Waals surface area (Å²) in [6.07, 6.45) is 3.25. The summed E-state index contributed by atoms with van der Waals surface area (Å²) < 4.78 is 11.5. The van der Waals surface area contributed by atoms with Gasteiger partial charge in [-0.2, -0.15) is 0 Å². The highest BCUT2D eigenvalue weighted by Gasteiger charge is 2.35. The average Bonchev–Trinajstić information content (AvgIpc) is 3.51. The van der Waals surface area contributed by atoms with Crippen molar-refractivity contribution in [3.8, 4) is 0 Å². The van der Waals surface area contributed by atoms with Gasteiger partial charge in [0.15, 0.2) is 22.3 Å². The molecule has 0 aliphatic heterocycles. The summed E-state index contributed by atoms with van der Waals surface area (Å²) >= 11 is 7.38. The first-order chi connectivity index (χ1) is 21.2. The summed E-state index contributed by atoms with van der Waals surface area (Å²) in [5.74, 6) is -1.55. The topological polar surface area (TPSA) is 146 Å². The highest BCUT2D eigenvalue weighted by Crippen LogP contribution is 2.28. The van der Waals surface area contributed by atoms with Gasteiger partial charge in [-0.3, -0.25) is 14.4 Å². The summed E-state index contributed by atoms with van der Waals surface area (Å²) in [6, 6.07) is 6.72. The highest BCUT2D eigenvalue weighted by atomic mass is 35.5. The Morgan fingerprint density at radius 2 is 1.78 bits per heavy atom. The van der Waals surface area contributed by atoms with Crippen LogP contribution in [0, 0.1) is 5.41 Å². The molecule has 0 aliphatic carbocycles. The predicted octanol–water partition coefficient (Wildman–Crippen LogP) is 6.79. The maximum Gasteiger partial charge on any atom is 0.303 e. The number of Topliss-reactive ketones (excluding diaryl/α,β-unsaturated/α-hetero) is 1. The van der Waals surface area contributed by atoms with E-state index in [9.17, 15) is 24.6 Å². The number of aryl methyl sites for hydroxylation is 1. The maximum atomic E-state index is 14.2. The number of nitrogens with zero attached hydrogens (tertiary/aromatic N) is 2. The number of rotatable bonds is 16. The molecule has 0 saturated heterocycles. The van der Waals surface area contributed by atoms with Crippen LogP contribution in [0.3, 0.4) is 0 Å². The quantitative estimate of drug-likeness (QED) is 0.100. The standard InChI is InChI=1S/C30H39ClN2O6S.C3H6O2/c1-8-22-16-32-28(40-22)24(35)15-26(39-19(4)23(9-2)27(36)25(10-3)38-7)29(37)33(17-30(5,6)18-34)21-13-11-20(31)12-14-21;1-2-3(4)5/h9-14,16,19,26,34,36H,2,8,15,17-18H2,1,3-7H3;2H2,1H3,(H,4,5)/b25-10+,27-23-;/t19-,26+;/m0./s1. The van der Waals surface area contributed by atoms with E-state index in [-0.39, 0.29) is 53.9 Å². The number of aromatic nitrogens is 1. The second-order valence-electron chi connectivity index (χ2n) is 10.7. The molecule has 0 saturated carbocycles. The van der Waals surface area contributed by atoms with Crippen LogP contribution in [0.2, 0.25) is 5.02 Å². The van der Waals surface area contributed by atoms with E-state index in [0.717, 1.165) is 11.3 Å². The van der Waals surface area contributed by atoms with Crippen LogP contribution >= 0.6 is 22.9 Å². The van der Waals surface area contributed by atoms with E-state index in [1.165, 1.54) is 29.4 Å². The SMILES string of the molecule is C=C/C(=C(O)\C(=C/C)OC)[C@H](C)O[C@H](CC(=O)c1ncc(CC)s1)C(=O)N(CC(C)(C)CO)c1ccc(Cl)cc1.CCC(=O)O. The molecule has 248 valence electrons. The van der Waals surface area contributed by atoms with Gasteiger partial charge in [0.2, 0.25) is 0 Å². The molecule has 1 amide bonds. The molecule has 0 aliphatic rings. The summed E-state index contributed by atoms with van der Waals surface area (Å²) in [6.45, 7) is 14.3. The Kier molecular flexibility index (Phi) is 16.8. The van der Waals surface area contributed by atoms with E-state index < -0.39 is 29.5 Å². The van der Waals surface area contributed by atoms with Gasteiger partial charge in [0.25, 0.3) is 5.91 Å². The Morgan fingerprint density at radius 3 is 2.22 bits per heavy atom. The molecule has 2 rings (SSSR count). The Labute approximate surface area is 274 Å². The first-order valence-corrected chi connectivity index (χ1v) is 15.7. The fourth-order valence-electron chi connectivity index (χ4n) is 3.89. The van der Waals surface area contributed by atoms with E-state index in [0.29, 0.717) is 10.7 Å². The number of hydrogen-bond acceptors (Lipinski definition) is 9. The third kappa shape index (κ3) is 12.4. The van der Waals surface area contributed by atoms with E-state index in [4.69, 9.17) is 26.2 Å². The van der Waals surface area contributed by atoms with Crippen molar-refractivity contribution in [2.75, 3.05) is 25.2 Å². The van der Waals surface area contributed by atoms with E-state index in [2.05, 4.69) is 11.6 Å². The number of carboxylic acids is 1. The number of carbonyl (C=O) groups is 3. The lowest BCUT2D eigenvalue weighted by atomic mass is 9.93. The van der Waals surface area contributed by atoms with Crippen LogP contribution in [0.1, 0.15) is 69.1 Å². The lowest BCUT2D eigenvalue weighted by Gasteiger charge is -2.34. The number of carbonyl (C=O) groups excluding carboxylic acids is 2. The Hall–Kier alpha value is -3.51. The van der Waals surface area contributed by atoms with Crippen molar-refractivity contribution in [3.63, 3.8) is 0 Å². The van der Waals surface area contributed by atoms with Crippen molar-refractivity contribution < 1.29 is 39.2 Å². The molecule has 0 bridgehead atoms. The van der Waals surface area contributed by atoms with Crippen molar-refractivity contribution >= 4 is 46.3 Å². The third-order valence-electron chi connectivity index (χ3n) is 6.52. The maximum absolute atomic E-state index is 14.2. The number of methoxy groups -OCH3 is 1. The first-order valence-electron chi connectivity index (χ1n) is 14.5. The minimum Gasteiger partial charge on any atom is -0.504 e. The first kappa shape index (κ1) is 39.5. The normalized spacial score (nSPS) is 13.5. The van der Waals surface area contributed by atoms with E-state index >= 15 is 0 Å².